The Morgan fingerprint density at radius 1 is 0.331 bits per heavy atom. The van der Waals surface area contributed by atoms with Crippen molar-refractivity contribution in [2.45, 2.75) is 336 Å². The average Bonchev–Trinajstić information content (AvgIpc) is 0.791. The molecule has 7 saturated heterocycles. The summed E-state index contributed by atoms with van der Waals surface area (Å²) in [7, 11) is 3.10. The first kappa shape index (κ1) is 120. The monoisotopic (exact) mass is 2040 g/mol. The molecule has 7 aromatic heterocycles. The molecule has 14 heterocycles. The van der Waals surface area contributed by atoms with Crippen LogP contribution in [0.2, 0.25) is 5.02 Å². The van der Waals surface area contributed by atoms with Gasteiger partial charge in [0, 0.05) is 222 Å². The van der Waals surface area contributed by atoms with Crippen molar-refractivity contribution < 1.29 is 60.6 Å². The van der Waals surface area contributed by atoms with Crippen LogP contribution in [0.1, 0.15) is 327 Å². The quantitative estimate of drug-likeness (QED) is 0.0276. The lowest BCUT2D eigenvalue weighted by Crippen LogP contribution is -2.54. The maximum absolute atomic E-state index is 13.6. The standard InChI is InChI=1S/C17H27N3O.C16H22F3N3O.2C16H25N3O2.C15H22ClN3O.C15H22FN3O.C14H22N4O/c1-5-14-7-6-8-15(18-14)16(21)19-17(4)9-11-20(12-10-17)13(2)3;1-11(2)22-9-6-15(3,7-10-22)21-14(23)13-12(16(17,18)19)5-4-8-20-13;1-12(2)19-10-7-16(3,8-11-19)18-15(20)14-13(21-4)6-5-9-17-14;1-12(2)19-10-8-16(3,9-11-19)18-15(20)13-6-5-7-14(17-13)21-4;2*1-11(2)19-9-6-15(3,7-10-19)18-14(20)13-12(16)5-4-8-17-13;1-11(2)18-9-5-14(3,6-10-18)17-13(19)12-15-7-4-8-16-12/h6-8,13H,5,9-12H2,1-4H3,(H,19,21);4-5,8,11H,6-7,9-10H2,1-3H3,(H,21,23);5-6,9,12H,7-8,10-11H2,1-4H3,(H,18,20);5-7,12H,8-11H2,1-4H3,(H,18,20);2*4-5,8,11H,6-7,9-10H2,1-3H3,(H,18,20);4,7-8,11H,5-6,9-10H2,1-3H3,(H,17,19). The fourth-order valence-corrected chi connectivity index (χ4v) is 18.7. The van der Waals surface area contributed by atoms with E-state index >= 15 is 0 Å². The van der Waals surface area contributed by atoms with Crippen LogP contribution in [0.4, 0.5) is 17.6 Å². The van der Waals surface area contributed by atoms with Crippen molar-refractivity contribution >= 4 is 53.0 Å². The summed E-state index contributed by atoms with van der Waals surface area (Å²) in [5.74, 6) is -1.25. The number of aryl methyl sites for hydroxylation is 1. The number of nitrogens with zero attached hydrogens (tertiary/aromatic N) is 15. The third-order valence-electron chi connectivity index (χ3n) is 29.1. The molecular formula is C109H165ClF4N22O9. The van der Waals surface area contributed by atoms with Crippen molar-refractivity contribution in [3.05, 3.63) is 190 Å². The lowest BCUT2D eigenvalue weighted by Gasteiger charge is -2.41. The average molecular weight is 2040 g/mol. The molecule has 0 spiro atoms. The van der Waals surface area contributed by atoms with Crippen molar-refractivity contribution in [2.75, 3.05) is 106 Å². The number of nitrogens with one attached hydrogen (secondary N) is 7. The minimum absolute atomic E-state index is 0.0502. The van der Waals surface area contributed by atoms with Gasteiger partial charge < -0.3 is 81.0 Å². The van der Waals surface area contributed by atoms with Crippen LogP contribution in [-0.4, -0.2) is 302 Å². The fourth-order valence-electron chi connectivity index (χ4n) is 18.5. The van der Waals surface area contributed by atoms with E-state index in [2.05, 4.69) is 243 Å². The second kappa shape index (κ2) is 55.0. The number of halogens is 5. The summed E-state index contributed by atoms with van der Waals surface area (Å²) >= 11 is 6.02. The van der Waals surface area contributed by atoms with Crippen molar-refractivity contribution in [2.24, 2.45) is 0 Å². The van der Waals surface area contributed by atoms with Gasteiger partial charge in [0.15, 0.2) is 17.2 Å². The molecule has 0 aromatic carbocycles. The second-order valence-electron chi connectivity index (χ2n) is 43.1. The highest BCUT2D eigenvalue weighted by Crippen LogP contribution is 2.35. The number of carbonyl (C=O) groups excluding carboxylic acids is 7. The largest absolute Gasteiger partial charge is 0.494 e. The number of hydrogen-bond donors (Lipinski definition) is 7. The number of hydrogen-bond acceptors (Lipinski definition) is 24. The molecule has 7 aromatic rings. The van der Waals surface area contributed by atoms with Crippen LogP contribution in [0.25, 0.3) is 0 Å². The van der Waals surface area contributed by atoms with E-state index in [1.54, 1.807) is 93.6 Å². The van der Waals surface area contributed by atoms with Crippen molar-refractivity contribution in [3.8, 4) is 11.6 Å². The fraction of sp³-hybridized carbons (Fsp3) is 0.624. The van der Waals surface area contributed by atoms with Crippen LogP contribution in [-0.2, 0) is 12.6 Å². The number of rotatable bonds is 24. The molecule has 7 N–H and O–H groups in total. The Morgan fingerprint density at radius 3 is 0.931 bits per heavy atom. The molecule has 0 aliphatic carbocycles. The molecule has 7 aliphatic rings. The van der Waals surface area contributed by atoms with E-state index in [0.717, 1.165) is 187 Å². The lowest BCUT2D eigenvalue weighted by atomic mass is 9.88. The molecule has 31 nitrogen and oxygen atoms in total. The van der Waals surface area contributed by atoms with Gasteiger partial charge in [-0.2, -0.15) is 13.2 Å². The third-order valence-corrected chi connectivity index (χ3v) is 29.5. The van der Waals surface area contributed by atoms with Gasteiger partial charge in [-0.25, -0.2) is 39.3 Å². The van der Waals surface area contributed by atoms with Gasteiger partial charge in [-0.1, -0.05) is 30.7 Å². The lowest BCUT2D eigenvalue weighted by molar-refractivity contribution is -0.138. The topological polar surface area (TPSA) is 348 Å². The minimum Gasteiger partial charge on any atom is -0.494 e. The molecule has 0 radical (unpaired) electrons. The van der Waals surface area contributed by atoms with Gasteiger partial charge in [0.2, 0.25) is 11.7 Å². The van der Waals surface area contributed by atoms with Gasteiger partial charge in [-0.3, -0.25) is 38.5 Å². The first-order chi connectivity index (χ1) is 68.3. The maximum Gasteiger partial charge on any atom is 0.418 e. The Hall–Kier alpha value is -10.4. The number of ether oxygens (including phenoxy) is 2. The maximum atomic E-state index is 13.6. The number of alkyl halides is 3. The van der Waals surface area contributed by atoms with E-state index in [4.69, 9.17) is 21.1 Å². The van der Waals surface area contributed by atoms with E-state index in [-0.39, 0.29) is 74.3 Å². The highest BCUT2D eigenvalue weighted by molar-refractivity contribution is 6.33. The highest BCUT2D eigenvalue weighted by atomic mass is 35.5. The van der Waals surface area contributed by atoms with Crippen molar-refractivity contribution in [1.82, 2.24) is 111 Å². The van der Waals surface area contributed by atoms with Gasteiger partial charge in [0.25, 0.3) is 41.4 Å². The first-order valence-electron chi connectivity index (χ1n) is 51.7. The van der Waals surface area contributed by atoms with Gasteiger partial charge in [-0.15, -0.1) is 0 Å². The zero-order valence-corrected chi connectivity index (χ0v) is 91.2. The Balaban J connectivity index is 0.000000207. The smallest absolute Gasteiger partial charge is 0.418 e. The summed E-state index contributed by atoms with van der Waals surface area (Å²) in [4.78, 5) is 135. The Bertz CT molecular complexity index is 5050. The minimum atomic E-state index is -4.59. The Kier molecular flexibility index (Phi) is 45.5. The molecule has 7 amide bonds. The number of pyridine rings is 6. The van der Waals surface area contributed by atoms with Crippen molar-refractivity contribution in [3.63, 3.8) is 0 Å². The first-order valence-corrected chi connectivity index (χ1v) is 52.1. The second-order valence-corrected chi connectivity index (χ2v) is 43.5. The number of carbonyl (C=O) groups is 7. The van der Waals surface area contributed by atoms with Gasteiger partial charge in [-0.05, 0) is 315 Å². The molecular weight excluding hydrogens is 1870 g/mol. The summed E-state index contributed by atoms with van der Waals surface area (Å²) in [5, 5.41) is 21.7. The van der Waals surface area contributed by atoms with Crippen LogP contribution in [0.3, 0.4) is 0 Å². The molecule has 7 fully saturated rings. The van der Waals surface area contributed by atoms with E-state index < -0.39 is 40.6 Å². The molecule has 36 heteroatoms. The third kappa shape index (κ3) is 37.4. The zero-order valence-electron chi connectivity index (χ0n) is 90.4. The number of piperidine rings is 7. The summed E-state index contributed by atoms with van der Waals surface area (Å²) < 4.78 is 62.8. The van der Waals surface area contributed by atoms with E-state index in [1.807, 2.05) is 32.9 Å². The molecule has 7 aliphatic heterocycles. The Morgan fingerprint density at radius 2 is 0.607 bits per heavy atom. The van der Waals surface area contributed by atoms with E-state index in [1.165, 1.54) is 30.6 Å². The van der Waals surface area contributed by atoms with Crippen molar-refractivity contribution in [1.29, 1.82) is 0 Å². The predicted molar refractivity (Wildman–Crippen MR) is 563 cm³/mol. The SMILES string of the molecule is CC(C)N1CCC(C)(NC(=O)c2ncccc2C(F)(F)F)CC1.CC(C)N1CCC(C)(NC(=O)c2ncccc2Cl)CC1.CC(C)N1CCC(C)(NC(=O)c2ncccc2F)CC1.CC(C)N1CCC(C)(NC(=O)c2ncccn2)CC1.CCc1cccc(C(=O)NC2(C)CCN(C(C)C)CC2)n1.COc1cccc(C(=O)NC2(C)CCN(C(C)C)CC2)n1.COc1cccnc1C(=O)NC1(C)CCN(C(C)C)CC1. The number of likely N-dealkylation sites (tertiary alicyclic amines) is 7. The summed E-state index contributed by atoms with van der Waals surface area (Å²) in [6, 6.07) is 28.1. The molecule has 0 saturated carbocycles. The number of amides is 7. The van der Waals surface area contributed by atoms with Gasteiger partial charge in [0.1, 0.15) is 28.5 Å². The molecule has 14 rings (SSSR count). The van der Waals surface area contributed by atoms with E-state index in [0.29, 0.717) is 94.6 Å². The van der Waals surface area contributed by atoms with Gasteiger partial charge >= 0.3 is 6.18 Å². The highest BCUT2D eigenvalue weighted by Gasteiger charge is 2.43. The number of aromatic nitrogens is 8. The predicted octanol–water partition coefficient (Wildman–Crippen LogP) is 16.3. The summed E-state index contributed by atoms with van der Waals surface area (Å²) in [5.41, 5.74) is -0.709. The Labute approximate surface area is 863 Å². The van der Waals surface area contributed by atoms with Crippen LogP contribution in [0, 0.1) is 5.82 Å². The van der Waals surface area contributed by atoms with Crippen LogP contribution >= 0.6 is 11.6 Å². The van der Waals surface area contributed by atoms with Crippen LogP contribution < -0.4 is 46.7 Å². The molecule has 145 heavy (non-hydrogen) atoms. The molecule has 0 unspecified atom stereocenters. The normalized spacial score (nSPS) is 18.9. The zero-order chi connectivity index (χ0) is 107. The summed E-state index contributed by atoms with van der Waals surface area (Å²) in [6.45, 7) is 60.8. The molecule has 0 bridgehead atoms. The van der Waals surface area contributed by atoms with E-state index in [9.17, 15) is 51.1 Å². The molecule has 0 atom stereocenters. The van der Waals surface area contributed by atoms with Crippen LogP contribution in [0.5, 0.6) is 11.6 Å². The number of methoxy groups -OCH3 is 2. The summed E-state index contributed by atoms with van der Waals surface area (Å²) in [6.07, 6.45) is 18.0. The molecule has 800 valence electrons. The van der Waals surface area contributed by atoms with Gasteiger partial charge in [0.05, 0.1) is 24.8 Å². The van der Waals surface area contributed by atoms with Crippen LogP contribution in [0.15, 0.2) is 128 Å².